The van der Waals surface area contributed by atoms with E-state index < -0.39 is 14.6 Å². The first-order valence-corrected chi connectivity index (χ1v) is 11.3. The van der Waals surface area contributed by atoms with Crippen molar-refractivity contribution in [3.63, 3.8) is 0 Å². The van der Waals surface area contributed by atoms with Crippen LogP contribution in [0.5, 0.6) is 0 Å². The van der Waals surface area contributed by atoms with Crippen molar-refractivity contribution in [3.05, 3.63) is 36.0 Å². The van der Waals surface area contributed by atoms with Crippen molar-refractivity contribution in [2.75, 3.05) is 32.1 Å². The summed E-state index contributed by atoms with van der Waals surface area (Å²) in [6.45, 7) is 1.79. The summed E-state index contributed by atoms with van der Waals surface area (Å²) in [5.41, 5.74) is 1.43. The molecule has 1 spiro atoms. The van der Waals surface area contributed by atoms with Crippen LogP contribution in [0.3, 0.4) is 0 Å². The Morgan fingerprint density at radius 1 is 1.19 bits per heavy atom. The summed E-state index contributed by atoms with van der Waals surface area (Å²) < 4.78 is 30.5. The van der Waals surface area contributed by atoms with Crippen molar-refractivity contribution in [2.45, 2.75) is 24.0 Å². The third-order valence-corrected chi connectivity index (χ3v) is 9.04. The number of fused-ring (bicyclic) bond motifs is 1. The number of carbonyl (C=O) groups excluding carboxylic acids is 1. The molecular formula is C20H24N2O4S. The molecule has 2 saturated heterocycles. The minimum absolute atomic E-state index is 0.00647. The van der Waals surface area contributed by atoms with E-state index in [4.69, 9.17) is 4.74 Å². The normalized spacial score (nSPS) is 25.8. The summed E-state index contributed by atoms with van der Waals surface area (Å²) in [5, 5.41) is 0.982. The van der Waals surface area contributed by atoms with E-state index >= 15 is 0 Å². The number of nitrogens with one attached hydrogen (secondary N) is 1. The first kappa shape index (κ1) is 17.3. The van der Waals surface area contributed by atoms with Crippen LogP contribution >= 0.6 is 0 Å². The minimum atomic E-state index is -3.19. The number of ether oxygens (including phenoxy) is 1. The predicted octanol–water partition coefficient (Wildman–Crippen LogP) is 2.22. The molecule has 0 bridgehead atoms. The number of sulfone groups is 1. The van der Waals surface area contributed by atoms with Gasteiger partial charge in [-0.05, 0) is 37.3 Å². The Balaban J connectivity index is 1.30. The summed E-state index contributed by atoms with van der Waals surface area (Å²) in [6.07, 6.45) is 3.09. The summed E-state index contributed by atoms with van der Waals surface area (Å²) in [5.74, 6) is 0.740. The summed E-state index contributed by atoms with van der Waals surface area (Å²) in [7, 11) is -3.19. The second-order valence-electron chi connectivity index (χ2n) is 8.28. The molecule has 2 aromatic rings. The average molecular weight is 388 g/mol. The molecule has 3 aliphatic rings. The summed E-state index contributed by atoms with van der Waals surface area (Å²) in [6, 6.07) is 9.57. The van der Waals surface area contributed by atoms with Gasteiger partial charge in [0.15, 0.2) is 9.84 Å². The van der Waals surface area contributed by atoms with Crippen LogP contribution in [-0.4, -0.2) is 61.0 Å². The number of hydrogen-bond donors (Lipinski definition) is 1. The van der Waals surface area contributed by atoms with E-state index in [-0.39, 0.29) is 30.7 Å². The van der Waals surface area contributed by atoms with Gasteiger partial charge in [0.1, 0.15) is 10.4 Å². The van der Waals surface area contributed by atoms with Crippen LogP contribution in [0.4, 0.5) is 0 Å². The molecule has 1 N–H and O–H groups in total. The Morgan fingerprint density at radius 2 is 1.96 bits per heavy atom. The third kappa shape index (κ3) is 2.79. The van der Waals surface area contributed by atoms with E-state index in [1.807, 2.05) is 30.3 Å². The molecule has 5 rings (SSSR count). The van der Waals surface area contributed by atoms with Gasteiger partial charge in [0.05, 0.1) is 12.4 Å². The van der Waals surface area contributed by atoms with Gasteiger partial charge < -0.3 is 14.6 Å². The number of para-hydroxylation sites is 1. The molecule has 27 heavy (non-hydrogen) atoms. The number of nitrogens with zero attached hydrogens (tertiary/aromatic N) is 1. The molecule has 1 atom stereocenters. The molecule has 1 aliphatic carbocycles. The quantitative estimate of drug-likeness (QED) is 0.852. The molecule has 3 heterocycles. The number of benzene rings is 1. The fourth-order valence-electron chi connectivity index (χ4n) is 4.47. The third-order valence-electron chi connectivity index (χ3n) is 6.43. The number of H-pyrrole nitrogens is 1. The topological polar surface area (TPSA) is 79.5 Å². The number of rotatable bonds is 5. The van der Waals surface area contributed by atoms with Crippen LogP contribution in [0.1, 0.15) is 29.8 Å². The highest BCUT2D eigenvalue weighted by Crippen LogP contribution is 2.45. The molecule has 1 amide bonds. The molecule has 2 aliphatic heterocycles. The Hall–Kier alpha value is -1.86. The standard InChI is InChI=1S/C20H24N2O4S/c23-19(18-9-15-3-1-2-4-17(15)21-18)22-12-20(13-22)16(7-8-27(20,24)25)11-26-10-14-5-6-14/h1-4,9,14,16,21H,5-8,10-13H2/t16-/m1/s1. The van der Waals surface area contributed by atoms with Crippen LogP contribution in [0.15, 0.2) is 30.3 Å². The van der Waals surface area contributed by atoms with Crippen molar-refractivity contribution < 1.29 is 17.9 Å². The van der Waals surface area contributed by atoms with Crippen molar-refractivity contribution in [1.29, 1.82) is 0 Å². The van der Waals surface area contributed by atoms with Gasteiger partial charge in [-0.2, -0.15) is 0 Å². The second kappa shape index (κ2) is 6.07. The van der Waals surface area contributed by atoms with Crippen LogP contribution < -0.4 is 0 Å². The molecule has 7 heteroatoms. The minimum Gasteiger partial charge on any atom is -0.381 e. The van der Waals surface area contributed by atoms with Gasteiger partial charge in [-0.25, -0.2) is 8.42 Å². The Kier molecular flexibility index (Phi) is 3.88. The zero-order chi connectivity index (χ0) is 18.6. The summed E-state index contributed by atoms with van der Waals surface area (Å²) in [4.78, 5) is 17.6. The lowest BCUT2D eigenvalue weighted by Crippen LogP contribution is -2.68. The van der Waals surface area contributed by atoms with Crippen LogP contribution in [0.25, 0.3) is 10.9 Å². The number of likely N-dealkylation sites (tertiary alicyclic amines) is 1. The van der Waals surface area contributed by atoms with E-state index in [0.717, 1.165) is 17.5 Å². The number of hydrogen-bond acceptors (Lipinski definition) is 4. The Morgan fingerprint density at radius 3 is 2.70 bits per heavy atom. The maximum absolute atomic E-state index is 12.8. The van der Waals surface area contributed by atoms with E-state index in [0.29, 0.717) is 24.6 Å². The van der Waals surface area contributed by atoms with Gasteiger partial charge in [0, 0.05) is 36.5 Å². The maximum Gasteiger partial charge on any atom is 0.270 e. The van der Waals surface area contributed by atoms with Crippen molar-refractivity contribution in [1.82, 2.24) is 9.88 Å². The maximum atomic E-state index is 12.8. The Bertz CT molecular complexity index is 953. The first-order chi connectivity index (χ1) is 13.0. The van der Waals surface area contributed by atoms with Gasteiger partial charge in [-0.3, -0.25) is 4.79 Å². The number of carbonyl (C=O) groups is 1. The van der Waals surface area contributed by atoms with Crippen molar-refractivity contribution >= 4 is 26.6 Å². The number of aromatic nitrogens is 1. The van der Waals surface area contributed by atoms with E-state index in [2.05, 4.69) is 4.98 Å². The number of aromatic amines is 1. The van der Waals surface area contributed by atoms with Gasteiger partial charge in [-0.15, -0.1) is 0 Å². The van der Waals surface area contributed by atoms with Crippen LogP contribution in [0.2, 0.25) is 0 Å². The van der Waals surface area contributed by atoms with E-state index in [1.165, 1.54) is 12.8 Å². The fraction of sp³-hybridized carbons (Fsp3) is 0.550. The molecule has 0 unspecified atom stereocenters. The zero-order valence-corrected chi connectivity index (χ0v) is 16.0. The molecule has 6 nitrogen and oxygen atoms in total. The fourth-order valence-corrected chi connectivity index (χ4v) is 6.87. The highest BCUT2D eigenvalue weighted by Gasteiger charge is 2.62. The Labute approximate surface area is 158 Å². The highest BCUT2D eigenvalue weighted by atomic mass is 32.2. The van der Waals surface area contributed by atoms with E-state index in [1.54, 1.807) is 4.90 Å². The van der Waals surface area contributed by atoms with Gasteiger partial charge in [0.2, 0.25) is 0 Å². The molecular weight excluding hydrogens is 364 g/mol. The predicted molar refractivity (Wildman–Crippen MR) is 102 cm³/mol. The van der Waals surface area contributed by atoms with E-state index in [9.17, 15) is 13.2 Å². The SMILES string of the molecule is O=C(c1cc2ccccc2[nH]1)N1CC2(C1)[C@@H](COCC1CC1)CCS2(=O)=O. The lowest BCUT2D eigenvalue weighted by Gasteiger charge is -2.49. The average Bonchev–Trinajstić information content (AvgIpc) is 3.25. The monoisotopic (exact) mass is 388 g/mol. The first-order valence-electron chi connectivity index (χ1n) is 9.66. The molecule has 1 aromatic heterocycles. The van der Waals surface area contributed by atoms with Crippen LogP contribution in [0, 0.1) is 11.8 Å². The van der Waals surface area contributed by atoms with Crippen molar-refractivity contribution in [3.8, 4) is 0 Å². The lowest BCUT2D eigenvalue weighted by atomic mass is 9.83. The van der Waals surface area contributed by atoms with Gasteiger partial charge in [0.25, 0.3) is 5.91 Å². The second-order valence-corrected chi connectivity index (χ2v) is 10.7. The molecule has 144 valence electrons. The van der Waals surface area contributed by atoms with Gasteiger partial charge in [-0.1, -0.05) is 18.2 Å². The van der Waals surface area contributed by atoms with Crippen LogP contribution in [-0.2, 0) is 14.6 Å². The highest BCUT2D eigenvalue weighted by molar-refractivity contribution is 7.93. The summed E-state index contributed by atoms with van der Waals surface area (Å²) >= 11 is 0. The number of amides is 1. The molecule has 0 radical (unpaired) electrons. The lowest BCUT2D eigenvalue weighted by molar-refractivity contribution is 0.0225. The smallest absolute Gasteiger partial charge is 0.270 e. The molecule has 1 saturated carbocycles. The van der Waals surface area contributed by atoms with Crippen molar-refractivity contribution in [2.24, 2.45) is 11.8 Å². The zero-order valence-electron chi connectivity index (χ0n) is 15.2. The largest absolute Gasteiger partial charge is 0.381 e. The van der Waals surface area contributed by atoms with Gasteiger partial charge >= 0.3 is 0 Å². The molecule has 1 aromatic carbocycles. The molecule has 3 fully saturated rings.